The molecule has 2 saturated heterocycles. The molecule has 5 N–H and O–H groups in total. The number of nitrogens with zero attached hydrogens (tertiary/aromatic N) is 1. The van der Waals surface area contributed by atoms with Crippen molar-refractivity contribution in [3.63, 3.8) is 0 Å². The van der Waals surface area contributed by atoms with E-state index in [1.54, 1.807) is 32.2 Å². The van der Waals surface area contributed by atoms with Gasteiger partial charge >= 0.3 is 5.97 Å². The number of rotatable bonds is 22. The van der Waals surface area contributed by atoms with Gasteiger partial charge in [0.05, 0.1) is 86.5 Å². The number of esters is 1. The second-order valence-electron chi connectivity index (χ2n) is 17.5. The van der Waals surface area contributed by atoms with Crippen LogP contribution in [0.25, 0.3) is 6.08 Å². The van der Waals surface area contributed by atoms with Crippen molar-refractivity contribution in [3.05, 3.63) is 21.7 Å². The maximum Gasteiger partial charge on any atom is 0.309 e. The number of epoxide rings is 1. The topological polar surface area (TPSA) is 240 Å². The molecule has 9 atom stereocenters. The molecule has 0 bridgehead atoms. The number of hydrogen-bond donors (Lipinski definition) is 5. The number of amides is 1. The number of aliphatic hydroxyl groups excluding tert-OH is 2. The zero-order valence-electron chi connectivity index (χ0n) is 37.6. The van der Waals surface area contributed by atoms with Crippen LogP contribution >= 0.6 is 30.6 Å². The summed E-state index contributed by atoms with van der Waals surface area (Å²) in [5.41, 5.74) is -0.508. The van der Waals surface area contributed by atoms with Gasteiger partial charge in [-0.25, -0.2) is 10.1 Å². The molecule has 0 aliphatic carbocycles. The van der Waals surface area contributed by atoms with E-state index in [1.165, 1.54) is 30.0 Å². The number of thiazole rings is 1. The number of ketones is 3. The first-order valence-electron chi connectivity index (χ1n) is 21.5. The first-order valence-corrected chi connectivity index (χ1v) is 25.6. The summed E-state index contributed by atoms with van der Waals surface area (Å²) in [4.78, 5) is 78.4. The maximum absolute atomic E-state index is 13.5. The Labute approximate surface area is 374 Å². The van der Waals surface area contributed by atoms with Gasteiger partial charge in [-0.3, -0.25) is 28.5 Å². The van der Waals surface area contributed by atoms with E-state index in [-0.39, 0.29) is 80.6 Å². The number of aliphatic hydroxyl groups is 2. The molecule has 0 aromatic carbocycles. The van der Waals surface area contributed by atoms with Crippen LogP contribution in [0.2, 0.25) is 0 Å². The Bertz CT molecular complexity index is 1740. The highest BCUT2D eigenvalue weighted by molar-refractivity contribution is 7.98. The number of aromatic nitrogens is 1. The SMILES string of the molecule is CSC[C@@H](CC(=O)CCOCCOCCC(C)=O)C(=O)NCCP(=O)(O)NCc1nc(/C=C(\C)[C@H]2C[C@H]3O[C@@]3(C)CCC[C@@H](C)[C@@H](O)[C@H](C)C(=O)C(C)(C)[C@H](O)CC(=O)O2)cs1. The minimum atomic E-state index is -3.89. The van der Waals surface area contributed by atoms with Crippen molar-refractivity contribution in [1.29, 1.82) is 0 Å². The number of thioether (sulfide) groups is 1. The molecule has 1 aromatic heterocycles. The summed E-state index contributed by atoms with van der Waals surface area (Å²) >= 11 is 2.70. The number of carbonyl (C=O) groups excluding carboxylic acids is 5. The minimum Gasteiger partial charge on any atom is -0.458 e. The van der Waals surface area contributed by atoms with E-state index in [4.69, 9.17) is 18.9 Å². The monoisotopic (exact) mass is 931 g/mol. The van der Waals surface area contributed by atoms with E-state index in [9.17, 15) is 43.6 Å². The molecular weight excluding hydrogens is 862 g/mol. The van der Waals surface area contributed by atoms with Gasteiger partial charge in [-0.15, -0.1) is 11.3 Å². The van der Waals surface area contributed by atoms with Crippen LogP contribution in [0, 0.1) is 23.2 Å². The van der Waals surface area contributed by atoms with E-state index >= 15 is 0 Å². The predicted molar refractivity (Wildman–Crippen MR) is 239 cm³/mol. The summed E-state index contributed by atoms with van der Waals surface area (Å²) in [5, 5.41) is 29.7. The zero-order valence-corrected chi connectivity index (χ0v) is 40.2. The van der Waals surface area contributed by atoms with Crippen LogP contribution in [0.3, 0.4) is 0 Å². The first kappa shape index (κ1) is 54.0. The number of nitrogens with one attached hydrogen (secondary N) is 2. The molecule has 352 valence electrons. The fourth-order valence-electron chi connectivity index (χ4n) is 7.37. The van der Waals surface area contributed by atoms with Crippen molar-refractivity contribution in [2.45, 2.75) is 136 Å². The van der Waals surface area contributed by atoms with Gasteiger partial charge in [-0.2, -0.15) is 11.8 Å². The summed E-state index contributed by atoms with van der Waals surface area (Å²) < 4.78 is 35.8. The van der Waals surface area contributed by atoms with Gasteiger partial charge in [-0.05, 0) is 57.4 Å². The number of cyclic esters (lactones) is 1. The summed E-state index contributed by atoms with van der Waals surface area (Å²) in [6.07, 6.45) is 2.87. The standard InChI is InChI=1S/C43H70N3O13PS2/c1-27-10-9-13-43(7)36(59-43)22-34(58-38(50)23-35(49)42(5,6)40(52)30(4)39(27)51)28(2)20-32-26-62-37(46-32)24-45-60(54,55)19-14-44-41(53)31(25-61-8)21-33(48)12-16-57-18-17-56-15-11-29(3)47/h20,26-27,30-31,34-36,39,49,51H,9-19,21-25H2,1-8H3,(H,44,53)(H2,45,54,55)/b28-20+/t27-,30+,31-,34-,35-,36-,39-,43+/m1/s1. The second-order valence-corrected chi connectivity index (χ2v) is 21.5. The van der Waals surface area contributed by atoms with E-state index in [2.05, 4.69) is 15.4 Å². The second kappa shape index (κ2) is 25.4. The largest absolute Gasteiger partial charge is 0.458 e. The van der Waals surface area contributed by atoms with Gasteiger partial charge in [0.1, 0.15) is 28.5 Å². The molecule has 2 aliphatic rings. The van der Waals surface area contributed by atoms with Gasteiger partial charge in [0.25, 0.3) is 7.52 Å². The van der Waals surface area contributed by atoms with E-state index in [1.807, 2.05) is 27.0 Å². The molecule has 3 rings (SSSR count). The molecule has 19 heteroatoms. The van der Waals surface area contributed by atoms with E-state index in [0.717, 1.165) is 12.8 Å². The smallest absolute Gasteiger partial charge is 0.309 e. The Morgan fingerprint density at radius 1 is 1.10 bits per heavy atom. The van der Waals surface area contributed by atoms with Crippen molar-refractivity contribution in [1.82, 2.24) is 15.4 Å². The lowest BCUT2D eigenvalue weighted by Gasteiger charge is -2.34. The van der Waals surface area contributed by atoms with Crippen LogP contribution < -0.4 is 10.4 Å². The number of fused-ring (bicyclic) bond motifs is 1. The van der Waals surface area contributed by atoms with Gasteiger partial charge in [0.2, 0.25) is 5.91 Å². The minimum absolute atomic E-state index is 0.0111. The maximum atomic E-state index is 13.5. The highest BCUT2D eigenvalue weighted by atomic mass is 32.2. The van der Waals surface area contributed by atoms with Crippen molar-refractivity contribution < 1.29 is 62.6 Å². The highest BCUT2D eigenvalue weighted by Gasteiger charge is 2.53. The molecule has 1 amide bonds. The Morgan fingerprint density at radius 2 is 1.77 bits per heavy atom. The van der Waals surface area contributed by atoms with Crippen LogP contribution in [-0.2, 0) is 54.0 Å². The average Bonchev–Trinajstić information content (AvgIpc) is 3.60. The molecule has 16 nitrogen and oxygen atoms in total. The molecule has 0 radical (unpaired) electrons. The van der Waals surface area contributed by atoms with Crippen LogP contribution in [-0.4, -0.2) is 130 Å². The summed E-state index contributed by atoms with van der Waals surface area (Å²) in [6.45, 7) is 13.1. The lowest BCUT2D eigenvalue weighted by atomic mass is 9.73. The molecule has 2 fully saturated rings. The fraction of sp³-hybridized carbons (Fsp3) is 0.767. The molecule has 0 spiro atoms. The molecule has 1 aromatic rings. The molecular formula is C43H70N3O13PS2. The third kappa shape index (κ3) is 17.9. The fourth-order valence-corrected chi connectivity index (χ4v) is 9.81. The molecule has 62 heavy (non-hydrogen) atoms. The Hall–Kier alpha value is -2.38. The molecule has 3 heterocycles. The molecule has 0 saturated carbocycles. The van der Waals surface area contributed by atoms with E-state index in [0.29, 0.717) is 54.5 Å². The van der Waals surface area contributed by atoms with Gasteiger partial charge in [-0.1, -0.05) is 34.1 Å². The normalized spacial score (nSPS) is 27.7. The molecule has 2 aliphatic heterocycles. The van der Waals surface area contributed by atoms with Gasteiger partial charge < -0.3 is 39.4 Å². The Morgan fingerprint density at radius 3 is 2.44 bits per heavy atom. The lowest BCUT2D eigenvalue weighted by molar-refractivity contribution is -0.154. The summed E-state index contributed by atoms with van der Waals surface area (Å²) in [5.74, 6) is -2.55. The summed E-state index contributed by atoms with van der Waals surface area (Å²) in [6, 6.07) is 0. The van der Waals surface area contributed by atoms with Crippen LogP contribution in [0.1, 0.15) is 111 Å². The Balaban J connectivity index is 1.54. The summed E-state index contributed by atoms with van der Waals surface area (Å²) in [7, 11) is -3.89. The number of Topliss-reactive ketones (excluding diaryl/α,β-unsaturated/α-hetero) is 3. The number of ether oxygens (including phenoxy) is 4. The van der Waals surface area contributed by atoms with Crippen molar-refractivity contribution in [3.8, 4) is 0 Å². The highest BCUT2D eigenvalue weighted by Crippen LogP contribution is 2.45. The zero-order chi connectivity index (χ0) is 46.3. The van der Waals surface area contributed by atoms with Gasteiger partial charge in [0, 0.05) is 49.3 Å². The quantitative estimate of drug-likeness (QED) is 0.0450. The van der Waals surface area contributed by atoms with Crippen LogP contribution in [0.4, 0.5) is 0 Å². The van der Waals surface area contributed by atoms with Crippen molar-refractivity contribution >= 4 is 65.9 Å². The predicted octanol–water partition coefficient (Wildman–Crippen LogP) is 4.90. The van der Waals surface area contributed by atoms with Crippen molar-refractivity contribution in [2.24, 2.45) is 23.2 Å². The number of carbonyl (C=O) groups is 5. The Kier molecular flexibility index (Phi) is 22.1. The van der Waals surface area contributed by atoms with E-state index < -0.39 is 61.1 Å². The first-order chi connectivity index (χ1) is 29.1. The lowest BCUT2D eigenvalue weighted by Crippen LogP contribution is -2.45. The molecule has 1 unspecified atom stereocenters. The third-order valence-electron chi connectivity index (χ3n) is 11.8. The van der Waals surface area contributed by atoms with Gasteiger partial charge in [0.15, 0.2) is 0 Å². The van der Waals surface area contributed by atoms with Crippen LogP contribution in [0.15, 0.2) is 11.0 Å². The van der Waals surface area contributed by atoms with Crippen LogP contribution in [0.5, 0.6) is 0 Å². The average molecular weight is 932 g/mol. The third-order valence-corrected chi connectivity index (χ3v) is 14.8. The van der Waals surface area contributed by atoms with Crippen molar-refractivity contribution in [2.75, 3.05) is 51.1 Å². The number of hydrogen-bond acceptors (Lipinski definition) is 15.